The molecule has 92 valence electrons. The van der Waals surface area contributed by atoms with Crippen LogP contribution in [0.25, 0.3) is 0 Å². The zero-order valence-electron chi connectivity index (χ0n) is 9.87. The monoisotopic (exact) mass is 261 g/mol. The lowest BCUT2D eigenvalue weighted by molar-refractivity contribution is 0.627. The molecule has 1 aliphatic rings. The topological polar surface area (TPSA) is 3.24 Å². The summed E-state index contributed by atoms with van der Waals surface area (Å²) in [6.45, 7) is 1.80. The van der Waals surface area contributed by atoms with E-state index in [1.54, 1.807) is 0 Å². The molecule has 0 atom stereocenters. The number of halogens is 2. The molecular weight excluding hydrogens is 249 g/mol. The van der Waals surface area contributed by atoms with E-state index in [1.807, 2.05) is 24.3 Å². The average molecular weight is 262 g/mol. The molecule has 2 aromatic rings. The van der Waals surface area contributed by atoms with E-state index in [0.29, 0.717) is 0 Å². The van der Waals surface area contributed by atoms with Crippen LogP contribution in [0.5, 0.6) is 0 Å². The second-order valence-corrected chi connectivity index (χ2v) is 5.00. The summed E-state index contributed by atoms with van der Waals surface area (Å²) in [5.74, 6) is -0.192. The van der Waals surface area contributed by atoms with Crippen LogP contribution in [0.2, 0.25) is 5.02 Å². The van der Waals surface area contributed by atoms with E-state index in [9.17, 15) is 4.39 Å². The molecule has 0 radical (unpaired) electrons. The number of fused-ring (bicyclic) bond motifs is 1. The molecule has 2 aromatic carbocycles. The second-order valence-electron chi connectivity index (χ2n) is 4.56. The molecule has 0 saturated carbocycles. The summed E-state index contributed by atoms with van der Waals surface area (Å²) in [6, 6.07) is 12.7. The molecule has 0 unspecified atom stereocenters. The molecule has 0 bridgehead atoms. The first-order chi connectivity index (χ1) is 8.72. The van der Waals surface area contributed by atoms with Crippen LogP contribution < -0.4 is 4.90 Å². The van der Waals surface area contributed by atoms with Crippen LogP contribution in [0.15, 0.2) is 42.5 Å². The molecule has 0 saturated heterocycles. The highest BCUT2D eigenvalue weighted by Crippen LogP contribution is 2.26. The van der Waals surface area contributed by atoms with E-state index >= 15 is 0 Å². The largest absolute Gasteiger partial charge is 0.367 e. The first-order valence-corrected chi connectivity index (χ1v) is 6.38. The van der Waals surface area contributed by atoms with Crippen LogP contribution >= 0.6 is 11.6 Å². The molecule has 1 nitrogen and oxygen atoms in total. The van der Waals surface area contributed by atoms with Crippen LogP contribution in [0.4, 0.5) is 10.1 Å². The van der Waals surface area contributed by atoms with Gasteiger partial charge < -0.3 is 4.90 Å². The Balaban J connectivity index is 1.86. The van der Waals surface area contributed by atoms with Gasteiger partial charge in [-0.3, -0.25) is 0 Å². The number of anilines is 1. The van der Waals surface area contributed by atoms with Crippen molar-refractivity contribution < 1.29 is 4.39 Å². The van der Waals surface area contributed by atoms with Gasteiger partial charge in [0, 0.05) is 23.8 Å². The summed E-state index contributed by atoms with van der Waals surface area (Å²) >= 11 is 5.99. The second kappa shape index (κ2) is 4.62. The van der Waals surface area contributed by atoms with E-state index < -0.39 is 0 Å². The van der Waals surface area contributed by atoms with E-state index in [2.05, 4.69) is 11.0 Å². The van der Waals surface area contributed by atoms with Gasteiger partial charge in [-0.25, -0.2) is 4.39 Å². The third-order valence-corrected chi connectivity index (χ3v) is 3.61. The van der Waals surface area contributed by atoms with Crippen molar-refractivity contribution in [3.05, 3.63) is 64.4 Å². The van der Waals surface area contributed by atoms with Gasteiger partial charge in [0.1, 0.15) is 5.82 Å². The van der Waals surface area contributed by atoms with Crippen LogP contribution in [0.3, 0.4) is 0 Å². The lowest BCUT2D eigenvalue weighted by atomic mass is 9.99. The molecule has 0 aliphatic carbocycles. The summed E-state index contributed by atoms with van der Waals surface area (Å²) in [7, 11) is 0. The Morgan fingerprint density at radius 1 is 1.00 bits per heavy atom. The number of hydrogen-bond donors (Lipinski definition) is 0. The van der Waals surface area contributed by atoms with Crippen LogP contribution in [-0.2, 0) is 13.0 Å². The van der Waals surface area contributed by atoms with Gasteiger partial charge in [0.2, 0.25) is 0 Å². The number of hydrogen-bond acceptors (Lipinski definition) is 1. The lowest BCUT2D eigenvalue weighted by Crippen LogP contribution is -2.30. The normalized spacial score (nSPS) is 14.4. The molecule has 0 N–H and O–H groups in total. The Kier molecular flexibility index (Phi) is 2.96. The van der Waals surface area contributed by atoms with Crippen molar-refractivity contribution in [1.82, 2.24) is 0 Å². The molecule has 0 amide bonds. The van der Waals surface area contributed by atoms with Crippen molar-refractivity contribution >= 4 is 17.3 Å². The van der Waals surface area contributed by atoms with Crippen molar-refractivity contribution in [1.29, 1.82) is 0 Å². The molecule has 3 rings (SSSR count). The average Bonchev–Trinajstić information content (AvgIpc) is 2.39. The summed E-state index contributed by atoms with van der Waals surface area (Å²) in [5, 5.41) is 0.795. The fourth-order valence-electron chi connectivity index (χ4n) is 2.39. The third-order valence-electron chi connectivity index (χ3n) is 3.37. The first-order valence-electron chi connectivity index (χ1n) is 6.00. The molecule has 0 aromatic heterocycles. The van der Waals surface area contributed by atoms with Gasteiger partial charge >= 0.3 is 0 Å². The first kappa shape index (κ1) is 11.5. The Bertz CT molecular complexity index is 565. The Morgan fingerprint density at radius 3 is 2.56 bits per heavy atom. The summed E-state index contributed by atoms with van der Waals surface area (Å²) < 4.78 is 12.9. The van der Waals surface area contributed by atoms with Crippen LogP contribution in [-0.4, -0.2) is 6.54 Å². The Morgan fingerprint density at radius 2 is 1.78 bits per heavy atom. The van der Waals surface area contributed by atoms with Gasteiger partial charge in [-0.1, -0.05) is 17.7 Å². The van der Waals surface area contributed by atoms with Gasteiger partial charge in [0.25, 0.3) is 0 Å². The van der Waals surface area contributed by atoms with E-state index in [-0.39, 0.29) is 5.82 Å². The zero-order valence-corrected chi connectivity index (χ0v) is 10.6. The van der Waals surface area contributed by atoms with Crippen molar-refractivity contribution in [2.45, 2.75) is 13.0 Å². The maximum Gasteiger partial charge on any atom is 0.123 e. The standard InChI is InChI=1S/C15H13ClFN/c16-13-2-1-12-10-18(8-7-11(12)9-13)15-5-3-14(17)4-6-15/h1-6,9H,7-8,10H2. The molecule has 3 heteroatoms. The van der Waals surface area contributed by atoms with Crippen molar-refractivity contribution in [3.63, 3.8) is 0 Å². The summed E-state index contributed by atoms with van der Waals surface area (Å²) in [6.07, 6.45) is 0.979. The Hall–Kier alpha value is -1.54. The highest BCUT2D eigenvalue weighted by molar-refractivity contribution is 6.30. The third kappa shape index (κ3) is 2.21. The Labute approximate surface area is 111 Å². The zero-order chi connectivity index (χ0) is 12.5. The van der Waals surface area contributed by atoms with Crippen LogP contribution in [0, 0.1) is 5.82 Å². The van der Waals surface area contributed by atoms with E-state index in [4.69, 9.17) is 11.6 Å². The van der Waals surface area contributed by atoms with Gasteiger partial charge in [-0.2, -0.15) is 0 Å². The van der Waals surface area contributed by atoms with Crippen molar-refractivity contribution in [2.24, 2.45) is 0 Å². The molecule has 0 fully saturated rings. The van der Waals surface area contributed by atoms with Gasteiger partial charge in [-0.05, 0) is 53.9 Å². The minimum absolute atomic E-state index is 0.192. The quantitative estimate of drug-likeness (QED) is 0.749. The predicted octanol–water partition coefficient (Wildman–Crippen LogP) is 4.04. The van der Waals surface area contributed by atoms with E-state index in [0.717, 1.165) is 30.2 Å². The number of rotatable bonds is 1. The van der Waals surface area contributed by atoms with Crippen LogP contribution in [0.1, 0.15) is 11.1 Å². The molecule has 18 heavy (non-hydrogen) atoms. The van der Waals surface area contributed by atoms with Gasteiger partial charge in [0.05, 0.1) is 0 Å². The smallest absolute Gasteiger partial charge is 0.123 e. The maximum atomic E-state index is 12.9. The fourth-order valence-corrected chi connectivity index (χ4v) is 2.59. The fraction of sp³-hybridized carbons (Fsp3) is 0.200. The molecular formula is C15H13ClFN. The summed E-state index contributed by atoms with van der Waals surface area (Å²) in [4.78, 5) is 2.26. The minimum Gasteiger partial charge on any atom is -0.367 e. The highest BCUT2D eigenvalue weighted by Gasteiger charge is 2.16. The highest BCUT2D eigenvalue weighted by atomic mass is 35.5. The summed E-state index contributed by atoms with van der Waals surface area (Å²) in [5.41, 5.74) is 3.69. The minimum atomic E-state index is -0.192. The van der Waals surface area contributed by atoms with Gasteiger partial charge in [0.15, 0.2) is 0 Å². The molecule has 1 aliphatic heterocycles. The van der Waals surface area contributed by atoms with Crippen molar-refractivity contribution in [3.8, 4) is 0 Å². The molecule has 1 heterocycles. The van der Waals surface area contributed by atoms with Crippen molar-refractivity contribution in [2.75, 3.05) is 11.4 Å². The van der Waals surface area contributed by atoms with E-state index in [1.165, 1.54) is 23.3 Å². The lowest BCUT2D eigenvalue weighted by Gasteiger charge is -2.30. The molecule has 0 spiro atoms. The SMILES string of the molecule is Fc1ccc(N2CCc3cc(Cl)ccc3C2)cc1. The predicted molar refractivity (Wildman–Crippen MR) is 72.6 cm³/mol. The van der Waals surface area contributed by atoms with Gasteiger partial charge in [-0.15, -0.1) is 0 Å². The maximum absolute atomic E-state index is 12.9. The number of nitrogens with zero attached hydrogens (tertiary/aromatic N) is 1. The number of benzene rings is 2.